The van der Waals surface area contributed by atoms with Crippen LogP contribution in [0.3, 0.4) is 0 Å². The van der Waals surface area contributed by atoms with Gasteiger partial charge in [0.05, 0.1) is 5.39 Å². The van der Waals surface area contributed by atoms with E-state index in [-0.39, 0.29) is 0 Å². The highest BCUT2D eigenvalue weighted by Gasteiger charge is 2.12. The van der Waals surface area contributed by atoms with Crippen molar-refractivity contribution in [2.24, 2.45) is 0 Å². The van der Waals surface area contributed by atoms with Gasteiger partial charge in [0, 0.05) is 5.56 Å². The summed E-state index contributed by atoms with van der Waals surface area (Å²) in [6.45, 7) is 0. The first-order chi connectivity index (χ1) is 11.3. The lowest BCUT2D eigenvalue weighted by Crippen LogP contribution is -1.92. The Labute approximate surface area is 132 Å². The summed E-state index contributed by atoms with van der Waals surface area (Å²) in [4.78, 5) is 8.10. The van der Waals surface area contributed by atoms with Crippen LogP contribution in [0.25, 0.3) is 22.2 Å². The zero-order chi connectivity index (χ0) is 15.6. The van der Waals surface area contributed by atoms with Gasteiger partial charge in [-0.05, 0) is 29.8 Å². The van der Waals surface area contributed by atoms with Crippen LogP contribution < -0.4 is 10.5 Å². The highest BCUT2D eigenvalue weighted by atomic mass is 16.5. The number of para-hydroxylation sites is 1. The maximum Gasteiger partial charge on any atom is 0.231 e. The van der Waals surface area contributed by atoms with Crippen molar-refractivity contribution in [1.29, 1.82) is 0 Å². The maximum absolute atomic E-state index is 5.94. The molecule has 0 fully saturated rings. The van der Waals surface area contributed by atoms with Crippen molar-refractivity contribution in [3.05, 3.63) is 67.2 Å². The number of ether oxygens (including phenoxy) is 1. The Kier molecular flexibility index (Phi) is 3.16. The second kappa shape index (κ2) is 5.46. The number of benzene rings is 2. The number of rotatable bonds is 3. The van der Waals surface area contributed by atoms with Crippen LogP contribution in [-0.2, 0) is 0 Å². The van der Waals surface area contributed by atoms with Gasteiger partial charge in [0.15, 0.2) is 0 Å². The number of nitrogen functional groups attached to an aromatic ring is 1. The van der Waals surface area contributed by atoms with Crippen LogP contribution in [0.1, 0.15) is 0 Å². The van der Waals surface area contributed by atoms with Crippen molar-refractivity contribution in [2.45, 2.75) is 0 Å². The molecule has 5 heteroatoms. The summed E-state index contributed by atoms with van der Waals surface area (Å²) in [5.74, 6) is 1.96. The summed E-state index contributed by atoms with van der Waals surface area (Å²) in [5, 5.41) is 0.726. The smallest absolute Gasteiger partial charge is 0.231 e. The van der Waals surface area contributed by atoms with Crippen LogP contribution >= 0.6 is 0 Å². The SMILES string of the molecule is Nc1ncnc2occ(-c3ccc(Oc4ccccc4)cc3)c12. The first-order valence-corrected chi connectivity index (χ1v) is 7.12. The van der Waals surface area contributed by atoms with E-state index in [9.17, 15) is 0 Å². The Hall–Kier alpha value is -3.34. The highest BCUT2D eigenvalue weighted by molar-refractivity contribution is 5.98. The number of fused-ring (bicyclic) bond motifs is 1. The molecule has 0 unspecified atom stereocenters. The van der Waals surface area contributed by atoms with Crippen molar-refractivity contribution < 1.29 is 9.15 Å². The molecule has 0 saturated heterocycles. The fourth-order valence-corrected chi connectivity index (χ4v) is 2.44. The number of anilines is 1. The van der Waals surface area contributed by atoms with E-state index in [0.717, 1.165) is 28.0 Å². The topological polar surface area (TPSA) is 74.2 Å². The molecule has 0 saturated carbocycles. The zero-order valence-electron chi connectivity index (χ0n) is 12.1. The second-order valence-corrected chi connectivity index (χ2v) is 5.03. The number of hydrogen-bond donors (Lipinski definition) is 1. The molecule has 4 aromatic rings. The first-order valence-electron chi connectivity index (χ1n) is 7.12. The van der Waals surface area contributed by atoms with Gasteiger partial charge in [0.25, 0.3) is 0 Å². The average molecular weight is 303 g/mol. The minimum atomic E-state index is 0.406. The predicted octanol–water partition coefficient (Wildman–Crippen LogP) is 4.26. The van der Waals surface area contributed by atoms with Crippen LogP contribution in [0, 0.1) is 0 Å². The third kappa shape index (κ3) is 2.48. The van der Waals surface area contributed by atoms with Crippen molar-refractivity contribution in [1.82, 2.24) is 9.97 Å². The molecule has 0 bridgehead atoms. The van der Waals surface area contributed by atoms with E-state index in [1.807, 2.05) is 54.6 Å². The monoisotopic (exact) mass is 303 g/mol. The zero-order valence-corrected chi connectivity index (χ0v) is 12.1. The number of aromatic nitrogens is 2. The maximum atomic E-state index is 5.94. The fraction of sp³-hybridized carbons (Fsp3) is 0. The molecule has 5 nitrogen and oxygen atoms in total. The molecular weight excluding hydrogens is 290 g/mol. The first kappa shape index (κ1) is 13.3. The molecule has 2 aromatic heterocycles. The molecule has 2 heterocycles. The van der Waals surface area contributed by atoms with Gasteiger partial charge in [0.1, 0.15) is 29.9 Å². The van der Waals surface area contributed by atoms with E-state index in [2.05, 4.69) is 9.97 Å². The fourth-order valence-electron chi connectivity index (χ4n) is 2.44. The van der Waals surface area contributed by atoms with E-state index in [4.69, 9.17) is 14.9 Å². The molecule has 2 N–H and O–H groups in total. The molecule has 0 aliphatic carbocycles. The van der Waals surface area contributed by atoms with Crippen LogP contribution in [0.5, 0.6) is 11.5 Å². The van der Waals surface area contributed by atoms with Crippen molar-refractivity contribution in [3.63, 3.8) is 0 Å². The van der Waals surface area contributed by atoms with Gasteiger partial charge in [-0.3, -0.25) is 0 Å². The average Bonchev–Trinajstić information content (AvgIpc) is 3.02. The molecule has 0 amide bonds. The largest absolute Gasteiger partial charge is 0.457 e. The third-order valence-corrected chi connectivity index (χ3v) is 3.54. The molecule has 23 heavy (non-hydrogen) atoms. The lowest BCUT2D eigenvalue weighted by atomic mass is 10.1. The van der Waals surface area contributed by atoms with Gasteiger partial charge in [-0.25, -0.2) is 9.97 Å². The standard InChI is InChI=1S/C18H13N3O2/c19-17-16-15(10-22-18(16)21-11-20-17)12-6-8-14(9-7-12)23-13-4-2-1-3-5-13/h1-11H,(H2,19,20,21). The summed E-state index contributed by atoms with van der Waals surface area (Å²) in [7, 11) is 0. The Morgan fingerprint density at radius 1 is 0.870 bits per heavy atom. The molecule has 4 rings (SSSR count). The molecule has 2 aromatic carbocycles. The van der Waals surface area contributed by atoms with Crippen LogP contribution in [-0.4, -0.2) is 9.97 Å². The van der Waals surface area contributed by atoms with Gasteiger partial charge in [0.2, 0.25) is 5.71 Å². The van der Waals surface area contributed by atoms with Gasteiger partial charge >= 0.3 is 0 Å². The normalized spacial score (nSPS) is 10.8. The van der Waals surface area contributed by atoms with Crippen molar-refractivity contribution >= 4 is 16.9 Å². The predicted molar refractivity (Wildman–Crippen MR) is 88.2 cm³/mol. The third-order valence-electron chi connectivity index (χ3n) is 3.54. The lowest BCUT2D eigenvalue weighted by molar-refractivity contribution is 0.483. The van der Waals surface area contributed by atoms with E-state index >= 15 is 0 Å². The Morgan fingerprint density at radius 3 is 2.39 bits per heavy atom. The van der Waals surface area contributed by atoms with Gasteiger partial charge in [-0.1, -0.05) is 30.3 Å². The van der Waals surface area contributed by atoms with Crippen LogP contribution in [0.15, 0.2) is 71.6 Å². The lowest BCUT2D eigenvalue weighted by Gasteiger charge is -2.06. The Morgan fingerprint density at radius 2 is 1.61 bits per heavy atom. The second-order valence-electron chi connectivity index (χ2n) is 5.03. The number of furan rings is 1. The molecule has 112 valence electrons. The summed E-state index contributed by atoms with van der Waals surface area (Å²) < 4.78 is 11.2. The van der Waals surface area contributed by atoms with E-state index < -0.39 is 0 Å². The molecule has 0 aliphatic heterocycles. The van der Waals surface area contributed by atoms with E-state index in [1.165, 1.54) is 6.33 Å². The van der Waals surface area contributed by atoms with Crippen LogP contribution in [0.2, 0.25) is 0 Å². The quantitative estimate of drug-likeness (QED) is 0.612. The molecular formula is C18H13N3O2. The summed E-state index contributed by atoms with van der Waals surface area (Å²) >= 11 is 0. The molecule has 0 aliphatic rings. The summed E-state index contributed by atoms with van der Waals surface area (Å²) in [5.41, 5.74) is 8.25. The van der Waals surface area contributed by atoms with Gasteiger partial charge in [-0.2, -0.15) is 0 Å². The number of hydrogen-bond acceptors (Lipinski definition) is 5. The number of nitrogens with two attached hydrogens (primary N) is 1. The molecule has 0 radical (unpaired) electrons. The molecule has 0 spiro atoms. The minimum absolute atomic E-state index is 0.406. The summed E-state index contributed by atoms with van der Waals surface area (Å²) in [6, 6.07) is 17.4. The van der Waals surface area contributed by atoms with Crippen LogP contribution in [0.4, 0.5) is 5.82 Å². The Bertz CT molecular complexity index is 947. The highest BCUT2D eigenvalue weighted by Crippen LogP contribution is 2.33. The van der Waals surface area contributed by atoms with Gasteiger partial charge < -0.3 is 14.9 Å². The summed E-state index contributed by atoms with van der Waals surface area (Å²) in [6.07, 6.45) is 3.03. The van der Waals surface area contributed by atoms with Gasteiger partial charge in [-0.15, -0.1) is 0 Å². The van der Waals surface area contributed by atoms with E-state index in [0.29, 0.717) is 11.5 Å². The Balaban J connectivity index is 1.67. The van der Waals surface area contributed by atoms with E-state index in [1.54, 1.807) is 6.26 Å². The molecule has 0 atom stereocenters. The van der Waals surface area contributed by atoms with Crippen molar-refractivity contribution in [2.75, 3.05) is 5.73 Å². The minimum Gasteiger partial charge on any atom is -0.457 e. The van der Waals surface area contributed by atoms with Crippen molar-refractivity contribution in [3.8, 4) is 22.6 Å². The number of nitrogens with zero attached hydrogens (tertiary/aromatic N) is 2.